The molecule has 4 nitrogen and oxygen atoms in total. The molecule has 4 heteroatoms. The van der Waals surface area contributed by atoms with Gasteiger partial charge in [-0.1, -0.05) is 66.7 Å². The van der Waals surface area contributed by atoms with Gasteiger partial charge in [-0.3, -0.25) is 4.79 Å². The molecule has 3 aromatic rings. The molecule has 0 unspecified atom stereocenters. The van der Waals surface area contributed by atoms with Gasteiger partial charge < -0.3 is 9.64 Å². The minimum Gasteiger partial charge on any atom is -0.465 e. The van der Waals surface area contributed by atoms with Gasteiger partial charge >= 0.3 is 5.97 Å². The first-order chi connectivity index (χ1) is 13.2. The number of rotatable bonds is 6. The van der Waals surface area contributed by atoms with Crippen molar-refractivity contribution in [2.24, 2.45) is 0 Å². The number of esters is 1. The Labute approximate surface area is 159 Å². The van der Waals surface area contributed by atoms with E-state index in [2.05, 4.69) is 0 Å². The Kier molecular flexibility index (Phi) is 6.00. The molecule has 0 saturated heterocycles. The van der Waals surface area contributed by atoms with Gasteiger partial charge in [-0.05, 0) is 29.3 Å². The van der Waals surface area contributed by atoms with Crippen molar-refractivity contribution in [3.63, 3.8) is 0 Å². The molecule has 0 atom stereocenters. The Morgan fingerprint density at radius 1 is 0.741 bits per heavy atom. The summed E-state index contributed by atoms with van der Waals surface area (Å²) in [7, 11) is 1.33. The van der Waals surface area contributed by atoms with Gasteiger partial charge in [0.05, 0.1) is 12.7 Å². The zero-order chi connectivity index (χ0) is 19.1. The highest BCUT2D eigenvalue weighted by molar-refractivity contribution is 5.97. The highest BCUT2D eigenvalue weighted by atomic mass is 16.5. The van der Waals surface area contributed by atoms with E-state index in [-0.39, 0.29) is 5.91 Å². The van der Waals surface area contributed by atoms with Crippen LogP contribution in [0.5, 0.6) is 0 Å². The lowest BCUT2D eigenvalue weighted by atomic mass is 10.1. The molecule has 0 fully saturated rings. The van der Waals surface area contributed by atoms with Crippen LogP contribution in [0.2, 0.25) is 0 Å². The van der Waals surface area contributed by atoms with Crippen LogP contribution in [0.25, 0.3) is 0 Å². The molecule has 3 aromatic carbocycles. The molecule has 0 radical (unpaired) electrons. The van der Waals surface area contributed by atoms with Crippen LogP contribution in [0.15, 0.2) is 84.9 Å². The smallest absolute Gasteiger partial charge is 0.337 e. The molecular formula is C23H21NO3. The van der Waals surface area contributed by atoms with Crippen molar-refractivity contribution >= 4 is 11.9 Å². The van der Waals surface area contributed by atoms with E-state index in [0.717, 1.165) is 11.1 Å². The van der Waals surface area contributed by atoms with Crippen LogP contribution < -0.4 is 0 Å². The Bertz CT molecular complexity index is 866. The van der Waals surface area contributed by atoms with E-state index in [0.29, 0.717) is 24.2 Å². The third kappa shape index (κ3) is 4.82. The Morgan fingerprint density at radius 3 is 1.78 bits per heavy atom. The Hall–Kier alpha value is -3.40. The number of hydrogen-bond acceptors (Lipinski definition) is 3. The third-order valence-corrected chi connectivity index (χ3v) is 4.25. The van der Waals surface area contributed by atoms with Crippen LogP contribution in [-0.2, 0) is 17.8 Å². The van der Waals surface area contributed by atoms with Crippen molar-refractivity contribution in [2.75, 3.05) is 7.11 Å². The number of hydrogen-bond donors (Lipinski definition) is 0. The van der Waals surface area contributed by atoms with E-state index in [1.54, 1.807) is 29.2 Å². The van der Waals surface area contributed by atoms with E-state index in [4.69, 9.17) is 4.74 Å². The number of ether oxygens (including phenoxy) is 1. The zero-order valence-corrected chi connectivity index (χ0v) is 15.2. The molecule has 0 aromatic heterocycles. The van der Waals surface area contributed by atoms with Gasteiger partial charge in [0.2, 0.25) is 0 Å². The van der Waals surface area contributed by atoms with Gasteiger partial charge in [-0.2, -0.15) is 0 Å². The van der Waals surface area contributed by atoms with Gasteiger partial charge in [0.25, 0.3) is 5.91 Å². The quantitative estimate of drug-likeness (QED) is 0.616. The molecule has 0 aliphatic heterocycles. The summed E-state index contributed by atoms with van der Waals surface area (Å²) in [6.07, 6.45) is 0. The molecule has 0 aliphatic rings. The lowest BCUT2D eigenvalue weighted by Crippen LogP contribution is -2.30. The van der Waals surface area contributed by atoms with Crippen LogP contribution in [0.4, 0.5) is 0 Å². The van der Waals surface area contributed by atoms with Gasteiger partial charge in [0, 0.05) is 18.7 Å². The average molecular weight is 359 g/mol. The number of methoxy groups -OCH3 is 1. The van der Waals surface area contributed by atoms with Crippen LogP contribution in [-0.4, -0.2) is 23.9 Å². The molecule has 1 amide bonds. The molecule has 3 rings (SSSR count). The molecule has 0 bridgehead atoms. The molecule has 0 spiro atoms. The van der Waals surface area contributed by atoms with Crippen LogP contribution >= 0.6 is 0 Å². The molecule has 0 N–H and O–H groups in total. The maximum atomic E-state index is 13.2. The van der Waals surface area contributed by atoms with Crippen molar-refractivity contribution in [3.8, 4) is 0 Å². The van der Waals surface area contributed by atoms with E-state index in [1.807, 2.05) is 60.7 Å². The number of carbonyl (C=O) groups is 2. The van der Waals surface area contributed by atoms with Crippen molar-refractivity contribution in [1.29, 1.82) is 0 Å². The fraction of sp³-hybridized carbons (Fsp3) is 0.130. The first-order valence-corrected chi connectivity index (χ1v) is 8.73. The van der Waals surface area contributed by atoms with Crippen molar-refractivity contribution < 1.29 is 14.3 Å². The van der Waals surface area contributed by atoms with E-state index < -0.39 is 5.97 Å². The van der Waals surface area contributed by atoms with E-state index >= 15 is 0 Å². The normalized spacial score (nSPS) is 10.3. The SMILES string of the molecule is COC(=O)c1cccc(C(=O)N(Cc2ccccc2)Cc2ccccc2)c1. The van der Waals surface area contributed by atoms with Gasteiger partial charge in [-0.25, -0.2) is 4.79 Å². The number of amides is 1. The summed E-state index contributed by atoms with van der Waals surface area (Å²) in [5.41, 5.74) is 2.92. The van der Waals surface area contributed by atoms with Crippen molar-refractivity contribution in [1.82, 2.24) is 4.90 Å². The Balaban J connectivity index is 1.89. The lowest BCUT2D eigenvalue weighted by molar-refractivity contribution is 0.0600. The van der Waals surface area contributed by atoms with Crippen LogP contribution in [0.3, 0.4) is 0 Å². The summed E-state index contributed by atoms with van der Waals surface area (Å²) in [5, 5.41) is 0. The summed E-state index contributed by atoms with van der Waals surface area (Å²) in [6, 6.07) is 26.4. The van der Waals surface area contributed by atoms with Gasteiger partial charge in [-0.15, -0.1) is 0 Å². The fourth-order valence-corrected chi connectivity index (χ4v) is 2.89. The van der Waals surface area contributed by atoms with Crippen molar-refractivity contribution in [2.45, 2.75) is 13.1 Å². The second-order valence-electron chi connectivity index (χ2n) is 6.20. The standard InChI is InChI=1S/C23H21NO3/c1-27-23(26)21-14-8-13-20(15-21)22(25)24(16-18-9-4-2-5-10-18)17-19-11-6-3-7-12-19/h2-15H,16-17H2,1H3. The molecule has 0 saturated carbocycles. The maximum absolute atomic E-state index is 13.2. The molecule has 136 valence electrons. The second kappa shape index (κ2) is 8.81. The minimum atomic E-state index is -0.456. The summed E-state index contributed by atoms with van der Waals surface area (Å²) in [5.74, 6) is -0.587. The maximum Gasteiger partial charge on any atom is 0.337 e. The predicted molar refractivity (Wildman–Crippen MR) is 104 cm³/mol. The first kappa shape index (κ1) is 18.4. The fourth-order valence-electron chi connectivity index (χ4n) is 2.89. The molecular weight excluding hydrogens is 338 g/mol. The number of benzene rings is 3. The summed E-state index contributed by atoms with van der Waals surface area (Å²) in [6.45, 7) is 0.966. The lowest BCUT2D eigenvalue weighted by Gasteiger charge is -2.23. The topological polar surface area (TPSA) is 46.6 Å². The van der Waals surface area contributed by atoms with Crippen LogP contribution in [0, 0.1) is 0 Å². The molecule has 27 heavy (non-hydrogen) atoms. The number of nitrogens with zero attached hydrogens (tertiary/aromatic N) is 1. The Morgan fingerprint density at radius 2 is 1.26 bits per heavy atom. The predicted octanol–water partition coefficient (Wildman–Crippen LogP) is 4.32. The summed E-state index contributed by atoms with van der Waals surface area (Å²) < 4.78 is 4.76. The third-order valence-electron chi connectivity index (χ3n) is 4.25. The van der Waals surface area contributed by atoms with E-state index in [1.165, 1.54) is 7.11 Å². The largest absolute Gasteiger partial charge is 0.465 e. The second-order valence-corrected chi connectivity index (χ2v) is 6.20. The summed E-state index contributed by atoms with van der Waals surface area (Å²) in [4.78, 5) is 26.8. The highest BCUT2D eigenvalue weighted by Crippen LogP contribution is 2.16. The first-order valence-electron chi connectivity index (χ1n) is 8.73. The molecule has 0 aliphatic carbocycles. The number of carbonyl (C=O) groups excluding carboxylic acids is 2. The van der Waals surface area contributed by atoms with Crippen molar-refractivity contribution in [3.05, 3.63) is 107 Å². The minimum absolute atomic E-state index is 0.131. The zero-order valence-electron chi connectivity index (χ0n) is 15.2. The monoisotopic (exact) mass is 359 g/mol. The highest BCUT2D eigenvalue weighted by Gasteiger charge is 2.18. The van der Waals surface area contributed by atoms with Crippen LogP contribution in [0.1, 0.15) is 31.8 Å². The average Bonchev–Trinajstić information content (AvgIpc) is 2.73. The molecule has 0 heterocycles. The summed E-state index contributed by atoms with van der Waals surface area (Å²) >= 11 is 0. The van der Waals surface area contributed by atoms with Gasteiger partial charge in [0.15, 0.2) is 0 Å². The van der Waals surface area contributed by atoms with E-state index in [9.17, 15) is 9.59 Å². The van der Waals surface area contributed by atoms with Gasteiger partial charge in [0.1, 0.15) is 0 Å².